The molecule has 0 radical (unpaired) electrons. The highest BCUT2D eigenvalue weighted by Crippen LogP contribution is 2.25. The Kier molecular flexibility index (Phi) is 8.88. The molecule has 3 rings (SSSR count). The molecule has 1 heterocycles. The number of nitrogens with one attached hydrogen (secondary N) is 3. The minimum atomic E-state index is -1.000. The van der Waals surface area contributed by atoms with E-state index in [1.54, 1.807) is 59.1 Å². The number of rotatable bonds is 9. The number of hydrogen-bond acceptors (Lipinski definition) is 6. The zero-order valence-corrected chi connectivity index (χ0v) is 21.7. The molecular formula is C27H34N4O6. The normalized spacial score (nSPS) is 17.2. The Hall–Kier alpha value is -3.92. The van der Waals surface area contributed by atoms with Crippen LogP contribution in [-0.2, 0) is 36.8 Å². The molecule has 10 nitrogen and oxygen atoms in total. The number of carbonyl (C=O) groups is 4. The van der Waals surface area contributed by atoms with Crippen LogP contribution < -0.4 is 16.0 Å². The number of likely N-dealkylation sites (N-methyl/N-ethyl adjacent to an activating group) is 1. The van der Waals surface area contributed by atoms with E-state index in [2.05, 4.69) is 16.0 Å². The molecule has 10 heteroatoms. The Labute approximate surface area is 216 Å². The second-order valence-electron chi connectivity index (χ2n) is 9.96. The number of carbonyl (C=O) groups excluding carboxylic acids is 4. The van der Waals surface area contributed by atoms with Gasteiger partial charge in [-0.1, -0.05) is 48.5 Å². The van der Waals surface area contributed by atoms with Crippen LogP contribution in [0.2, 0.25) is 0 Å². The third-order valence-corrected chi connectivity index (χ3v) is 5.44. The van der Waals surface area contributed by atoms with Gasteiger partial charge in [0.05, 0.1) is 0 Å². The summed E-state index contributed by atoms with van der Waals surface area (Å²) in [5, 5.41) is 8.13. The van der Waals surface area contributed by atoms with Crippen LogP contribution in [0.5, 0.6) is 0 Å². The van der Waals surface area contributed by atoms with Crippen molar-refractivity contribution in [3.63, 3.8) is 0 Å². The summed E-state index contributed by atoms with van der Waals surface area (Å²) in [5.41, 5.74) is 1.39. The first kappa shape index (κ1) is 27.7. The quantitative estimate of drug-likeness (QED) is 0.444. The standard InChI is InChI=1S/C27H34N4O6/c1-27(2,3)37-26(35)28-16-18-13-9-10-14-19(18)29-23(32)21-22(36-21)24(33)30-20(25(34)31(4)5)15-17-11-7-6-8-12-17/h6-14,20-22H,15-16H2,1-5H3,(H,28,35)(H,29,32)(H,30,33)/t20-,21-,22-/m0/s1. The molecule has 3 N–H and O–H groups in total. The lowest BCUT2D eigenvalue weighted by Gasteiger charge is -2.21. The van der Waals surface area contributed by atoms with Crippen LogP contribution in [0.1, 0.15) is 31.9 Å². The molecule has 3 atom stereocenters. The predicted octanol–water partition coefficient (Wildman–Crippen LogP) is 2.23. The van der Waals surface area contributed by atoms with Crippen LogP contribution in [0, 0.1) is 0 Å². The summed E-state index contributed by atoms with van der Waals surface area (Å²) in [4.78, 5) is 51.6. The van der Waals surface area contributed by atoms with Crippen LogP contribution in [0.4, 0.5) is 10.5 Å². The van der Waals surface area contributed by atoms with E-state index in [4.69, 9.17) is 9.47 Å². The molecule has 1 aliphatic heterocycles. The Balaban J connectivity index is 1.58. The molecule has 2 aromatic rings. The van der Waals surface area contributed by atoms with E-state index in [0.29, 0.717) is 17.7 Å². The average molecular weight is 511 g/mol. The highest BCUT2D eigenvalue weighted by molar-refractivity contribution is 6.02. The van der Waals surface area contributed by atoms with Gasteiger partial charge in [-0.2, -0.15) is 0 Å². The molecular weight excluding hydrogens is 476 g/mol. The number of anilines is 1. The number of hydrogen-bond donors (Lipinski definition) is 3. The van der Waals surface area contributed by atoms with Crippen molar-refractivity contribution in [3.8, 4) is 0 Å². The number of epoxide rings is 1. The van der Waals surface area contributed by atoms with E-state index >= 15 is 0 Å². The first-order valence-electron chi connectivity index (χ1n) is 12.0. The Morgan fingerprint density at radius 2 is 1.57 bits per heavy atom. The van der Waals surface area contributed by atoms with E-state index in [0.717, 1.165) is 5.56 Å². The SMILES string of the molecule is CN(C)C(=O)[C@H](Cc1ccccc1)NC(=O)[C@H]1O[C@@H]1C(=O)Nc1ccccc1CNC(=O)OC(C)(C)C. The van der Waals surface area contributed by atoms with E-state index in [9.17, 15) is 19.2 Å². The summed E-state index contributed by atoms with van der Waals surface area (Å²) in [5.74, 6) is -1.29. The Bertz CT molecular complexity index is 1130. The molecule has 37 heavy (non-hydrogen) atoms. The van der Waals surface area contributed by atoms with E-state index < -0.39 is 41.8 Å². The van der Waals surface area contributed by atoms with Gasteiger partial charge in [-0.25, -0.2) is 4.79 Å². The molecule has 0 aromatic heterocycles. The number of para-hydroxylation sites is 1. The van der Waals surface area contributed by atoms with Crippen molar-refractivity contribution < 1.29 is 28.7 Å². The first-order chi connectivity index (χ1) is 17.4. The van der Waals surface area contributed by atoms with E-state index in [1.807, 2.05) is 30.3 Å². The second kappa shape index (κ2) is 11.9. The van der Waals surface area contributed by atoms with Crippen molar-refractivity contribution in [2.24, 2.45) is 0 Å². The molecule has 0 saturated carbocycles. The number of nitrogens with zero attached hydrogens (tertiary/aromatic N) is 1. The van der Waals surface area contributed by atoms with Crippen molar-refractivity contribution in [3.05, 3.63) is 65.7 Å². The summed E-state index contributed by atoms with van der Waals surface area (Å²) >= 11 is 0. The molecule has 0 unspecified atom stereocenters. The Morgan fingerprint density at radius 3 is 2.22 bits per heavy atom. The monoisotopic (exact) mass is 510 g/mol. The van der Waals surface area contributed by atoms with E-state index in [1.165, 1.54) is 4.90 Å². The fourth-order valence-corrected chi connectivity index (χ4v) is 3.61. The lowest BCUT2D eigenvalue weighted by Crippen LogP contribution is -2.49. The molecule has 0 spiro atoms. The molecule has 4 amide bonds. The zero-order chi connectivity index (χ0) is 27.2. The van der Waals surface area contributed by atoms with Crippen LogP contribution in [-0.4, -0.2) is 66.7 Å². The lowest BCUT2D eigenvalue weighted by atomic mass is 10.0. The van der Waals surface area contributed by atoms with Gasteiger partial charge >= 0.3 is 6.09 Å². The zero-order valence-electron chi connectivity index (χ0n) is 21.7. The van der Waals surface area contributed by atoms with Gasteiger partial charge in [0, 0.05) is 32.7 Å². The fourth-order valence-electron chi connectivity index (χ4n) is 3.61. The summed E-state index contributed by atoms with van der Waals surface area (Å²) in [6.07, 6.45) is -2.25. The maximum atomic E-state index is 12.8. The Morgan fingerprint density at radius 1 is 0.946 bits per heavy atom. The molecule has 0 bridgehead atoms. The summed E-state index contributed by atoms with van der Waals surface area (Å²) in [7, 11) is 3.23. The van der Waals surface area contributed by atoms with Crippen molar-refractivity contribution in [2.45, 2.75) is 57.6 Å². The highest BCUT2D eigenvalue weighted by atomic mass is 16.6. The molecule has 1 aliphatic rings. The largest absolute Gasteiger partial charge is 0.444 e. The van der Waals surface area contributed by atoms with Crippen LogP contribution in [0.3, 0.4) is 0 Å². The van der Waals surface area contributed by atoms with Gasteiger partial charge in [-0.15, -0.1) is 0 Å². The summed E-state index contributed by atoms with van der Waals surface area (Å²) in [6, 6.07) is 15.5. The smallest absolute Gasteiger partial charge is 0.407 e. The summed E-state index contributed by atoms with van der Waals surface area (Å²) in [6.45, 7) is 5.43. The van der Waals surface area contributed by atoms with Crippen LogP contribution >= 0.6 is 0 Å². The molecule has 0 aliphatic carbocycles. The maximum absolute atomic E-state index is 12.8. The van der Waals surface area contributed by atoms with Crippen molar-refractivity contribution in [1.82, 2.24) is 15.5 Å². The maximum Gasteiger partial charge on any atom is 0.407 e. The van der Waals surface area contributed by atoms with Crippen LogP contribution in [0.15, 0.2) is 54.6 Å². The number of amides is 4. The minimum absolute atomic E-state index is 0.134. The van der Waals surface area contributed by atoms with Gasteiger partial charge in [0.25, 0.3) is 11.8 Å². The molecule has 1 saturated heterocycles. The molecule has 1 fully saturated rings. The number of benzene rings is 2. The van der Waals surface area contributed by atoms with Crippen molar-refractivity contribution in [1.29, 1.82) is 0 Å². The number of alkyl carbamates (subject to hydrolysis) is 1. The van der Waals surface area contributed by atoms with Gasteiger partial charge < -0.3 is 30.3 Å². The van der Waals surface area contributed by atoms with Crippen LogP contribution in [0.25, 0.3) is 0 Å². The van der Waals surface area contributed by atoms with E-state index in [-0.39, 0.29) is 12.5 Å². The first-order valence-corrected chi connectivity index (χ1v) is 12.0. The van der Waals surface area contributed by atoms with Gasteiger partial charge in [0.1, 0.15) is 11.6 Å². The summed E-state index contributed by atoms with van der Waals surface area (Å²) < 4.78 is 10.6. The van der Waals surface area contributed by atoms with Gasteiger partial charge in [-0.05, 0) is 38.0 Å². The van der Waals surface area contributed by atoms with Crippen molar-refractivity contribution in [2.75, 3.05) is 19.4 Å². The number of ether oxygens (including phenoxy) is 2. The molecule has 198 valence electrons. The lowest BCUT2D eigenvalue weighted by molar-refractivity contribution is -0.134. The highest BCUT2D eigenvalue weighted by Gasteiger charge is 2.51. The third kappa shape index (κ3) is 8.32. The molecule has 2 aromatic carbocycles. The fraction of sp³-hybridized carbons (Fsp3) is 0.407. The van der Waals surface area contributed by atoms with Gasteiger partial charge in [-0.3, -0.25) is 14.4 Å². The average Bonchev–Trinajstić information content (AvgIpc) is 3.63. The topological polar surface area (TPSA) is 129 Å². The third-order valence-electron chi connectivity index (χ3n) is 5.44. The second-order valence-corrected chi connectivity index (χ2v) is 9.96. The minimum Gasteiger partial charge on any atom is -0.444 e. The van der Waals surface area contributed by atoms with Gasteiger partial charge in [0.15, 0.2) is 12.2 Å². The van der Waals surface area contributed by atoms with Crippen molar-refractivity contribution >= 4 is 29.5 Å². The predicted molar refractivity (Wildman–Crippen MR) is 138 cm³/mol. The van der Waals surface area contributed by atoms with Gasteiger partial charge in [0.2, 0.25) is 5.91 Å².